The molecule has 0 aliphatic heterocycles. The zero-order valence-electron chi connectivity index (χ0n) is 9.86. The molecule has 4 heteroatoms. The van der Waals surface area contributed by atoms with E-state index < -0.39 is 0 Å². The molecule has 0 spiro atoms. The van der Waals surface area contributed by atoms with Gasteiger partial charge in [0.25, 0.3) is 0 Å². The lowest BCUT2D eigenvalue weighted by Gasteiger charge is -2.12. The lowest BCUT2D eigenvalue weighted by molar-refractivity contribution is 0.683. The highest BCUT2D eigenvalue weighted by Crippen LogP contribution is 2.19. The number of rotatable bonds is 3. The van der Waals surface area contributed by atoms with E-state index in [1.807, 2.05) is 7.05 Å². The molecule has 1 aromatic heterocycles. The molecule has 0 atom stereocenters. The molecule has 0 bridgehead atoms. The van der Waals surface area contributed by atoms with Crippen molar-refractivity contribution in [2.24, 2.45) is 7.05 Å². The molecule has 84 valence electrons. The number of hydrogen-bond donors (Lipinski definition) is 1. The zero-order valence-corrected chi connectivity index (χ0v) is 9.86. The summed E-state index contributed by atoms with van der Waals surface area (Å²) in [7, 11) is 1.90. The van der Waals surface area contributed by atoms with Gasteiger partial charge in [-0.1, -0.05) is 23.4 Å². The van der Waals surface area contributed by atoms with E-state index in [4.69, 9.17) is 0 Å². The summed E-state index contributed by atoms with van der Waals surface area (Å²) in [6, 6.07) is 6.29. The molecule has 16 heavy (non-hydrogen) atoms. The summed E-state index contributed by atoms with van der Waals surface area (Å²) in [5.74, 6) is 0. The van der Waals surface area contributed by atoms with E-state index in [-0.39, 0.29) is 0 Å². The van der Waals surface area contributed by atoms with Crippen LogP contribution in [0.25, 0.3) is 0 Å². The van der Waals surface area contributed by atoms with Crippen molar-refractivity contribution in [3.05, 3.63) is 41.2 Å². The van der Waals surface area contributed by atoms with Crippen LogP contribution in [0.4, 0.5) is 5.69 Å². The van der Waals surface area contributed by atoms with Crippen molar-refractivity contribution in [2.75, 3.05) is 5.32 Å². The van der Waals surface area contributed by atoms with Gasteiger partial charge in [0.2, 0.25) is 0 Å². The molecule has 4 nitrogen and oxygen atoms in total. The quantitative estimate of drug-likeness (QED) is 0.853. The first-order valence-corrected chi connectivity index (χ1v) is 5.32. The first-order valence-electron chi connectivity index (χ1n) is 5.32. The summed E-state index contributed by atoms with van der Waals surface area (Å²) < 4.78 is 1.78. The van der Waals surface area contributed by atoms with E-state index in [0.29, 0.717) is 0 Å². The number of nitrogens with zero attached hydrogens (tertiary/aromatic N) is 3. The van der Waals surface area contributed by atoms with Crippen LogP contribution in [0.1, 0.15) is 16.8 Å². The molecule has 0 saturated carbocycles. The van der Waals surface area contributed by atoms with Gasteiger partial charge < -0.3 is 5.32 Å². The smallest absolute Gasteiger partial charge is 0.0774 e. The first kappa shape index (κ1) is 10.7. The van der Waals surface area contributed by atoms with E-state index in [9.17, 15) is 0 Å². The fourth-order valence-corrected chi connectivity index (χ4v) is 1.74. The maximum absolute atomic E-state index is 3.90. The molecular formula is C12H16N4. The second kappa shape index (κ2) is 4.35. The summed E-state index contributed by atoms with van der Waals surface area (Å²) in [6.07, 6.45) is 1.78. The van der Waals surface area contributed by atoms with Gasteiger partial charge in [-0.15, -0.1) is 5.10 Å². The summed E-state index contributed by atoms with van der Waals surface area (Å²) in [5, 5.41) is 11.2. The van der Waals surface area contributed by atoms with Crippen molar-refractivity contribution in [1.82, 2.24) is 15.0 Å². The molecule has 0 saturated heterocycles. The minimum atomic E-state index is 0.745. The molecule has 1 heterocycles. The first-order chi connectivity index (χ1) is 7.68. The van der Waals surface area contributed by atoms with Gasteiger partial charge in [0.05, 0.1) is 18.4 Å². The summed E-state index contributed by atoms with van der Waals surface area (Å²) in [6.45, 7) is 4.96. The van der Waals surface area contributed by atoms with Crippen LogP contribution in [0.15, 0.2) is 24.4 Å². The van der Waals surface area contributed by atoms with Gasteiger partial charge in [0.15, 0.2) is 0 Å². The highest BCUT2D eigenvalue weighted by atomic mass is 15.4. The highest BCUT2D eigenvalue weighted by molar-refractivity contribution is 5.56. The highest BCUT2D eigenvalue weighted by Gasteiger charge is 2.03. The number of nitrogens with one attached hydrogen (secondary N) is 1. The van der Waals surface area contributed by atoms with Crippen LogP contribution in [0, 0.1) is 13.8 Å². The van der Waals surface area contributed by atoms with Crippen molar-refractivity contribution in [3.63, 3.8) is 0 Å². The van der Waals surface area contributed by atoms with Gasteiger partial charge in [-0.2, -0.15) is 0 Å². The molecule has 2 aromatic rings. The van der Waals surface area contributed by atoms with Crippen LogP contribution in [-0.2, 0) is 13.6 Å². The van der Waals surface area contributed by atoms with E-state index in [0.717, 1.165) is 12.2 Å². The van der Waals surface area contributed by atoms with Crippen LogP contribution in [0.2, 0.25) is 0 Å². The Balaban J connectivity index is 2.14. The molecule has 0 amide bonds. The van der Waals surface area contributed by atoms with Crippen molar-refractivity contribution in [1.29, 1.82) is 0 Å². The number of hydrogen-bond acceptors (Lipinski definition) is 3. The summed E-state index contributed by atoms with van der Waals surface area (Å²) in [4.78, 5) is 0. The van der Waals surface area contributed by atoms with Crippen molar-refractivity contribution < 1.29 is 0 Å². The molecule has 0 fully saturated rings. The predicted molar refractivity (Wildman–Crippen MR) is 64.2 cm³/mol. The van der Waals surface area contributed by atoms with Crippen LogP contribution in [0.5, 0.6) is 0 Å². The average Bonchev–Trinajstić information content (AvgIpc) is 2.64. The Morgan fingerprint density at radius 2 is 1.94 bits per heavy atom. The molecular weight excluding hydrogens is 200 g/mol. The van der Waals surface area contributed by atoms with Gasteiger partial charge in [-0.3, -0.25) is 4.68 Å². The third-order valence-corrected chi connectivity index (χ3v) is 2.74. The Hall–Kier alpha value is -1.84. The molecule has 0 unspecified atom stereocenters. The lowest BCUT2D eigenvalue weighted by Crippen LogP contribution is -2.07. The normalized spacial score (nSPS) is 10.4. The van der Waals surface area contributed by atoms with Crippen molar-refractivity contribution in [3.8, 4) is 0 Å². The van der Waals surface area contributed by atoms with E-state index in [1.165, 1.54) is 16.8 Å². The van der Waals surface area contributed by atoms with Gasteiger partial charge in [0.1, 0.15) is 0 Å². The van der Waals surface area contributed by atoms with Gasteiger partial charge in [-0.25, -0.2) is 0 Å². The Morgan fingerprint density at radius 1 is 1.25 bits per heavy atom. The molecule has 1 N–H and O–H groups in total. The Morgan fingerprint density at radius 3 is 2.50 bits per heavy atom. The molecule has 0 aliphatic rings. The lowest BCUT2D eigenvalue weighted by atomic mass is 10.1. The standard InChI is InChI=1S/C12H16N4/c1-9-5-4-6-10(2)12(9)13-7-11-8-14-15-16(11)3/h4-6,8,13H,7H2,1-3H3. The van der Waals surface area contributed by atoms with Gasteiger partial charge in [-0.05, 0) is 25.0 Å². The third-order valence-electron chi connectivity index (χ3n) is 2.74. The van der Waals surface area contributed by atoms with E-state index >= 15 is 0 Å². The second-order valence-corrected chi connectivity index (χ2v) is 3.97. The average molecular weight is 216 g/mol. The maximum Gasteiger partial charge on any atom is 0.0774 e. The van der Waals surface area contributed by atoms with E-state index in [1.54, 1.807) is 10.9 Å². The number of para-hydroxylation sites is 1. The minimum absolute atomic E-state index is 0.745. The number of aromatic nitrogens is 3. The number of benzene rings is 1. The summed E-state index contributed by atoms with van der Waals surface area (Å²) >= 11 is 0. The monoisotopic (exact) mass is 216 g/mol. The maximum atomic E-state index is 3.90. The van der Waals surface area contributed by atoms with E-state index in [2.05, 4.69) is 47.7 Å². The van der Waals surface area contributed by atoms with Gasteiger partial charge in [0, 0.05) is 12.7 Å². The van der Waals surface area contributed by atoms with Crippen LogP contribution >= 0.6 is 0 Å². The number of anilines is 1. The predicted octanol–water partition coefficient (Wildman–Crippen LogP) is 2.04. The van der Waals surface area contributed by atoms with Crippen LogP contribution < -0.4 is 5.32 Å². The van der Waals surface area contributed by atoms with Crippen LogP contribution in [-0.4, -0.2) is 15.0 Å². The fraction of sp³-hybridized carbons (Fsp3) is 0.333. The minimum Gasteiger partial charge on any atom is -0.379 e. The topological polar surface area (TPSA) is 42.7 Å². The Kier molecular flexibility index (Phi) is 2.90. The zero-order chi connectivity index (χ0) is 11.5. The van der Waals surface area contributed by atoms with Crippen LogP contribution in [0.3, 0.4) is 0 Å². The SMILES string of the molecule is Cc1cccc(C)c1NCc1cnnn1C. The Bertz CT molecular complexity index is 467. The molecule has 1 aromatic carbocycles. The van der Waals surface area contributed by atoms with Crippen molar-refractivity contribution in [2.45, 2.75) is 20.4 Å². The molecule has 2 rings (SSSR count). The molecule has 0 aliphatic carbocycles. The molecule has 0 radical (unpaired) electrons. The third kappa shape index (κ3) is 2.05. The summed E-state index contributed by atoms with van der Waals surface area (Å²) in [5.41, 5.74) is 4.79. The Labute approximate surface area is 95.3 Å². The van der Waals surface area contributed by atoms with Crippen molar-refractivity contribution >= 4 is 5.69 Å². The largest absolute Gasteiger partial charge is 0.379 e. The second-order valence-electron chi connectivity index (χ2n) is 3.97. The number of aryl methyl sites for hydroxylation is 3. The van der Waals surface area contributed by atoms with Gasteiger partial charge >= 0.3 is 0 Å². The fourth-order valence-electron chi connectivity index (χ4n) is 1.74.